The van der Waals surface area contributed by atoms with E-state index in [0.29, 0.717) is 0 Å². The van der Waals surface area contributed by atoms with E-state index in [2.05, 4.69) is 5.32 Å². The second-order valence-electron chi connectivity index (χ2n) is 3.34. The van der Waals surface area contributed by atoms with Crippen molar-refractivity contribution in [1.29, 1.82) is 0 Å². The summed E-state index contributed by atoms with van der Waals surface area (Å²) in [6.45, 7) is 2.80. The molecule has 15 heavy (non-hydrogen) atoms. The van der Waals surface area contributed by atoms with Crippen molar-refractivity contribution in [3.63, 3.8) is 0 Å². The molecule has 1 aromatic rings. The molecule has 0 saturated carbocycles. The Morgan fingerprint density at radius 1 is 1.07 bits per heavy atom. The molecule has 0 atom stereocenters. The van der Waals surface area contributed by atoms with Gasteiger partial charge in [-0.05, 0) is 38.1 Å². The molecular formula is C12H19NO2. The number of ether oxygens (including phenoxy) is 1. The van der Waals surface area contributed by atoms with Crippen LogP contribution in [0.3, 0.4) is 0 Å². The molecule has 0 fully saturated rings. The van der Waals surface area contributed by atoms with Crippen LogP contribution < -0.4 is 10.1 Å². The molecule has 0 aromatic heterocycles. The normalized spacial score (nSPS) is 10.2. The fourth-order valence-corrected chi connectivity index (χ4v) is 1.23. The van der Waals surface area contributed by atoms with Crippen molar-refractivity contribution in [3.8, 4) is 5.75 Å². The number of hydrogen-bond acceptors (Lipinski definition) is 3. The van der Waals surface area contributed by atoms with Crippen molar-refractivity contribution in [2.24, 2.45) is 0 Å². The van der Waals surface area contributed by atoms with Gasteiger partial charge in [0.1, 0.15) is 5.75 Å². The van der Waals surface area contributed by atoms with Crippen LogP contribution in [0, 0.1) is 0 Å². The number of para-hydroxylation sites is 1. The van der Waals surface area contributed by atoms with Crippen molar-refractivity contribution in [1.82, 2.24) is 5.32 Å². The standard InChI is InChI=1S/C12H19NO2/c14-10-4-8-13-9-5-11-15-12-6-2-1-3-7-12/h1-3,6-7,13-14H,4-5,8-11H2. The highest BCUT2D eigenvalue weighted by Gasteiger charge is 1.91. The van der Waals surface area contributed by atoms with E-state index in [9.17, 15) is 0 Å². The molecule has 1 aromatic carbocycles. The minimum atomic E-state index is 0.257. The monoisotopic (exact) mass is 209 g/mol. The maximum Gasteiger partial charge on any atom is 0.119 e. The highest BCUT2D eigenvalue weighted by molar-refractivity contribution is 5.20. The molecular weight excluding hydrogens is 190 g/mol. The Morgan fingerprint density at radius 2 is 1.80 bits per heavy atom. The number of nitrogens with one attached hydrogen (secondary N) is 1. The molecule has 0 heterocycles. The molecule has 0 unspecified atom stereocenters. The summed E-state index contributed by atoms with van der Waals surface area (Å²) in [5.41, 5.74) is 0. The van der Waals surface area contributed by atoms with Gasteiger partial charge in [-0.3, -0.25) is 0 Å². The molecule has 0 aliphatic rings. The first-order chi connectivity index (χ1) is 7.43. The van der Waals surface area contributed by atoms with E-state index in [1.54, 1.807) is 0 Å². The molecule has 3 heteroatoms. The topological polar surface area (TPSA) is 41.5 Å². The minimum Gasteiger partial charge on any atom is -0.494 e. The Labute approximate surface area is 91.1 Å². The smallest absolute Gasteiger partial charge is 0.119 e. The molecule has 84 valence electrons. The van der Waals surface area contributed by atoms with E-state index in [0.717, 1.165) is 38.3 Å². The van der Waals surface area contributed by atoms with Gasteiger partial charge in [-0.15, -0.1) is 0 Å². The van der Waals surface area contributed by atoms with Crippen molar-refractivity contribution < 1.29 is 9.84 Å². The maximum atomic E-state index is 8.55. The molecule has 3 nitrogen and oxygen atoms in total. The first-order valence-corrected chi connectivity index (χ1v) is 5.43. The highest BCUT2D eigenvalue weighted by atomic mass is 16.5. The maximum absolute atomic E-state index is 8.55. The van der Waals surface area contributed by atoms with Gasteiger partial charge in [0.15, 0.2) is 0 Å². The van der Waals surface area contributed by atoms with Gasteiger partial charge in [0.2, 0.25) is 0 Å². The summed E-state index contributed by atoms with van der Waals surface area (Å²) in [5, 5.41) is 11.8. The van der Waals surface area contributed by atoms with Gasteiger partial charge in [0, 0.05) is 6.61 Å². The van der Waals surface area contributed by atoms with Gasteiger partial charge in [-0.2, -0.15) is 0 Å². The van der Waals surface area contributed by atoms with Crippen LogP contribution in [0.2, 0.25) is 0 Å². The molecule has 0 aliphatic carbocycles. The summed E-state index contributed by atoms with van der Waals surface area (Å²) in [6.07, 6.45) is 1.81. The Balaban J connectivity index is 1.93. The van der Waals surface area contributed by atoms with Crippen molar-refractivity contribution >= 4 is 0 Å². The Kier molecular flexibility index (Phi) is 6.62. The number of aliphatic hydroxyl groups is 1. The molecule has 0 radical (unpaired) electrons. The van der Waals surface area contributed by atoms with Crippen LogP contribution >= 0.6 is 0 Å². The number of aliphatic hydroxyl groups excluding tert-OH is 1. The molecule has 2 N–H and O–H groups in total. The lowest BCUT2D eigenvalue weighted by Gasteiger charge is -2.06. The lowest BCUT2D eigenvalue weighted by Crippen LogP contribution is -2.19. The Morgan fingerprint density at radius 3 is 2.53 bits per heavy atom. The van der Waals surface area contributed by atoms with Gasteiger partial charge in [0.05, 0.1) is 6.61 Å². The van der Waals surface area contributed by atoms with Gasteiger partial charge in [0.25, 0.3) is 0 Å². The molecule has 0 bridgehead atoms. The third kappa shape index (κ3) is 6.10. The molecule has 0 aliphatic heterocycles. The summed E-state index contributed by atoms with van der Waals surface area (Å²) in [6, 6.07) is 9.82. The van der Waals surface area contributed by atoms with E-state index in [1.807, 2.05) is 30.3 Å². The van der Waals surface area contributed by atoms with Gasteiger partial charge in [-0.1, -0.05) is 18.2 Å². The fraction of sp³-hybridized carbons (Fsp3) is 0.500. The third-order valence-corrected chi connectivity index (χ3v) is 2.02. The predicted molar refractivity (Wildman–Crippen MR) is 61.1 cm³/mol. The second kappa shape index (κ2) is 8.26. The van der Waals surface area contributed by atoms with Gasteiger partial charge >= 0.3 is 0 Å². The summed E-state index contributed by atoms with van der Waals surface area (Å²) in [7, 11) is 0. The zero-order valence-corrected chi connectivity index (χ0v) is 8.98. The zero-order chi connectivity index (χ0) is 10.8. The fourth-order valence-electron chi connectivity index (χ4n) is 1.23. The highest BCUT2D eigenvalue weighted by Crippen LogP contribution is 2.07. The third-order valence-electron chi connectivity index (χ3n) is 2.02. The summed E-state index contributed by atoms with van der Waals surface area (Å²) >= 11 is 0. The Bertz CT molecular complexity index is 239. The van der Waals surface area contributed by atoms with Crippen LogP contribution in [0.25, 0.3) is 0 Å². The van der Waals surface area contributed by atoms with E-state index < -0.39 is 0 Å². The first-order valence-electron chi connectivity index (χ1n) is 5.43. The van der Waals surface area contributed by atoms with Gasteiger partial charge < -0.3 is 15.2 Å². The molecule has 0 spiro atoms. The van der Waals surface area contributed by atoms with Crippen molar-refractivity contribution in [2.75, 3.05) is 26.3 Å². The van der Waals surface area contributed by atoms with Crippen molar-refractivity contribution in [3.05, 3.63) is 30.3 Å². The molecule has 1 rings (SSSR count). The number of hydrogen-bond donors (Lipinski definition) is 2. The van der Waals surface area contributed by atoms with Crippen molar-refractivity contribution in [2.45, 2.75) is 12.8 Å². The minimum absolute atomic E-state index is 0.257. The summed E-state index contributed by atoms with van der Waals surface area (Å²) < 4.78 is 5.52. The quantitative estimate of drug-likeness (QED) is 0.636. The first kappa shape index (κ1) is 12.0. The second-order valence-corrected chi connectivity index (χ2v) is 3.34. The average Bonchev–Trinajstić information content (AvgIpc) is 2.29. The van der Waals surface area contributed by atoms with Crippen LogP contribution in [-0.2, 0) is 0 Å². The summed E-state index contributed by atoms with van der Waals surface area (Å²) in [5.74, 6) is 0.924. The van der Waals surface area contributed by atoms with E-state index in [-0.39, 0.29) is 6.61 Å². The zero-order valence-electron chi connectivity index (χ0n) is 8.98. The lowest BCUT2D eigenvalue weighted by molar-refractivity contribution is 0.282. The van der Waals surface area contributed by atoms with Crippen LogP contribution in [0.15, 0.2) is 30.3 Å². The van der Waals surface area contributed by atoms with Crippen LogP contribution in [-0.4, -0.2) is 31.4 Å². The lowest BCUT2D eigenvalue weighted by atomic mass is 10.3. The largest absolute Gasteiger partial charge is 0.494 e. The SMILES string of the molecule is OCCCNCCCOc1ccccc1. The van der Waals surface area contributed by atoms with Crippen LogP contribution in [0.4, 0.5) is 0 Å². The predicted octanol–water partition coefficient (Wildman–Crippen LogP) is 1.43. The average molecular weight is 209 g/mol. The Hall–Kier alpha value is -1.06. The van der Waals surface area contributed by atoms with E-state index in [4.69, 9.17) is 9.84 Å². The van der Waals surface area contributed by atoms with Crippen LogP contribution in [0.5, 0.6) is 5.75 Å². The molecule has 0 amide bonds. The van der Waals surface area contributed by atoms with Crippen LogP contribution in [0.1, 0.15) is 12.8 Å². The van der Waals surface area contributed by atoms with E-state index in [1.165, 1.54) is 0 Å². The van der Waals surface area contributed by atoms with Gasteiger partial charge in [-0.25, -0.2) is 0 Å². The summed E-state index contributed by atoms with van der Waals surface area (Å²) in [4.78, 5) is 0. The number of benzene rings is 1. The number of rotatable bonds is 8. The van der Waals surface area contributed by atoms with E-state index >= 15 is 0 Å². The molecule has 0 saturated heterocycles.